The predicted molar refractivity (Wildman–Crippen MR) is 145 cm³/mol. The van der Waals surface area contributed by atoms with Crippen LogP contribution in [0.25, 0.3) is 0 Å². The first kappa shape index (κ1) is 37.8. The van der Waals surface area contributed by atoms with Crippen molar-refractivity contribution in [2.45, 2.75) is 45.8 Å². The minimum absolute atomic E-state index is 0.00247. The van der Waals surface area contributed by atoms with Gasteiger partial charge in [0.25, 0.3) is 0 Å². The van der Waals surface area contributed by atoms with E-state index in [4.69, 9.17) is 55.5 Å². The second-order valence-corrected chi connectivity index (χ2v) is 23.4. The summed E-state index contributed by atoms with van der Waals surface area (Å²) in [4.78, 5) is 0. The fourth-order valence-electron chi connectivity index (χ4n) is 2.41. The molecule has 0 aromatic carbocycles. The van der Waals surface area contributed by atoms with Crippen LogP contribution in [0.1, 0.15) is 0 Å². The van der Waals surface area contributed by atoms with E-state index in [1.54, 1.807) is 7.11 Å². The summed E-state index contributed by atoms with van der Waals surface area (Å²) in [5.74, 6) is 0. The Morgan fingerprint density at radius 3 is 1.86 bits per heavy atom. The maximum Gasteiger partial charge on any atom is 0.479 e. The van der Waals surface area contributed by atoms with Crippen molar-refractivity contribution in [3.05, 3.63) is 0 Å². The van der Waals surface area contributed by atoms with Crippen LogP contribution >= 0.6 is 0 Å². The van der Waals surface area contributed by atoms with E-state index < -0.39 is 44.5 Å². The lowest BCUT2D eigenvalue weighted by molar-refractivity contribution is -0.0414. The molecule has 0 spiro atoms. The summed E-state index contributed by atoms with van der Waals surface area (Å²) >= 11 is 0. The molecular weight excluding hydrogens is 549 g/mol. The number of hydrogen-bond acceptors (Lipinski definition) is 12. The maximum absolute atomic E-state index is 8.80. The predicted octanol–water partition coefficient (Wildman–Crippen LogP) is -0.317. The molecule has 1 unspecified atom stereocenters. The van der Waals surface area contributed by atoms with Crippen molar-refractivity contribution in [1.82, 2.24) is 0 Å². The molecule has 0 aliphatic heterocycles. The van der Waals surface area contributed by atoms with Gasteiger partial charge < -0.3 is 55.5 Å². The average Bonchev–Trinajstić information content (AvgIpc) is 2.77. The molecule has 0 bridgehead atoms. The van der Waals surface area contributed by atoms with Crippen molar-refractivity contribution in [3.8, 4) is 0 Å². The first-order chi connectivity index (χ1) is 16.4. The average molecular weight is 599 g/mol. The second-order valence-electron chi connectivity index (χ2n) is 8.58. The molecule has 2 atom stereocenters. The van der Waals surface area contributed by atoms with E-state index in [0.717, 1.165) is 0 Å². The molecule has 0 aliphatic carbocycles. The van der Waals surface area contributed by atoms with Crippen molar-refractivity contribution in [2.75, 3.05) is 72.8 Å². The fraction of sp³-hybridized carbons (Fsp3) is 1.00. The van der Waals surface area contributed by atoms with E-state index in [1.807, 2.05) is 32.7 Å². The molecule has 214 valence electrons. The van der Waals surface area contributed by atoms with E-state index in [9.17, 15) is 0 Å². The van der Waals surface area contributed by atoms with Crippen LogP contribution in [0.5, 0.6) is 0 Å². The molecule has 0 saturated heterocycles. The van der Waals surface area contributed by atoms with Gasteiger partial charge in [0, 0.05) is 13.7 Å². The summed E-state index contributed by atoms with van der Waals surface area (Å²) in [7, 11) is -7.40. The van der Waals surface area contributed by atoms with E-state index in [-0.39, 0.29) is 26.8 Å². The van der Waals surface area contributed by atoms with E-state index >= 15 is 0 Å². The highest BCUT2D eigenvalue weighted by Gasteiger charge is 2.38. The van der Waals surface area contributed by atoms with Gasteiger partial charge in [-0.1, -0.05) is 6.55 Å². The highest BCUT2D eigenvalue weighted by Crippen LogP contribution is 2.15. The Labute approximate surface area is 218 Å². The topological polar surface area (TPSA) is 144 Å². The number of hydrogen-bond donors (Lipinski definition) is 3. The molecule has 3 N–H and O–H groups in total. The minimum Gasteiger partial charge on any atom is -0.437 e. The zero-order valence-corrected chi connectivity index (χ0v) is 28.4. The lowest BCUT2D eigenvalue weighted by Gasteiger charge is -2.32. The van der Waals surface area contributed by atoms with Crippen molar-refractivity contribution in [1.29, 1.82) is 0 Å². The van der Waals surface area contributed by atoms with Gasteiger partial charge in [0.15, 0.2) is 0 Å². The summed E-state index contributed by atoms with van der Waals surface area (Å²) in [5, 5.41) is 25.7. The van der Waals surface area contributed by atoms with Gasteiger partial charge in [-0.05, 0) is 32.7 Å². The number of rotatable bonds is 22. The van der Waals surface area contributed by atoms with Gasteiger partial charge in [0.05, 0.1) is 52.1 Å². The number of aliphatic hydroxyl groups excluding tert-OH is 3. The molecule has 17 heteroatoms. The molecule has 12 nitrogen and oxygen atoms in total. The monoisotopic (exact) mass is 598 g/mol. The van der Waals surface area contributed by atoms with Gasteiger partial charge in [0.1, 0.15) is 23.3 Å². The van der Waals surface area contributed by atoms with Gasteiger partial charge in [0.2, 0.25) is 16.6 Å². The van der Waals surface area contributed by atoms with Gasteiger partial charge in [-0.3, -0.25) is 0 Å². The smallest absolute Gasteiger partial charge is 0.437 e. The third kappa shape index (κ3) is 24.7. The molecule has 0 saturated carbocycles. The standard InChI is InChI=1S/C13H36O9Si4.C5H14O3Si/c1-23-20-26(5,19-12-17-11-10-16-8-6-14)22-24(2)21-25(3,4)13-18-9-7-15;1-7-9(2,3)5-8-4-6/h14-15,24H,6-13,23H2,1-5H3;6H,4-5H2,1-3H3/t24?,26-;/m0./s1. The van der Waals surface area contributed by atoms with Crippen LogP contribution in [-0.2, 0) is 40.1 Å². The van der Waals surface area contributed by atoms with E-state index in [1.165, 1.54) is 0 Å². The highest BCUT2D eigenvalue weighted by molar-refractivity contribution is 6.79. The Bertz CT molecular complexity index is 481. The number of ether oxygens (including phenoxy) is 4. The van der Waals surface area contributed by atoms with Crippen LogP contribution in [0.2, 0.25) is 45.8 Å². The van der Waals surface area contributed by atoms with Crippen LogP contribution in [0.15, 0.2) is 0 Å². The third-order valence-electron chi connectivity index (χ3n) is 4.06. The molecule has 0 fully saturated rings. The SMILES string of the molecule is CO[Si](C)(C)COCO.C[SiH2]O[Si@](C)(OCOCCOCCO)O[SiH](C)O[Si](C)(C)COCCO. The second kappa shape index (κ2) is 22.6. The summed E-state index contributed by atoms with van der Waals surface area (Å²) in [6.45, 7) is 15.3. The molecule has 0 heterocycles. The Morgan fingerprint density at radius 1 is 0.743 bits per heavy atom. The largest absolute Gasteiger partial charge is 0.479 e. The molecule has 0 radical (unpaired) electrons. The molecule has 0 aromatic rings. The zero-order valence-electron chi connectivity index (χ0n) is 22.9. The summed E-state index contributed by atoms with van der Waals surface area (Å²) in [6, 6.07) is 0. The van der Waals surface area contributed by atoms with Gasteiger partial charge in [-0.25, -0.2) is 0 Å². The van der Waals surface area contributed by atoms with E-state index in [0.29, 0.717) is 38.9 Å². The van der Waals surface area contributed by atoms with Crippen molar-refractivity contribution < 1.29 is 55.5 Å². The summed E-state index contributed by atoms with van der Waals surface area (Å²) in [6.07, 6.45) is 1.06. The van der Waals surface area contributed by atoms with Crippen molar-refractivity contribution in [3.63, 3.8) is 0 Å². The van der Waals surface area contributed by atoms with Crippen LogP contribution in [0, 0.1) is 0 Å². The van der Waals surface area contributed by atoms with Crippen LogP contribution < -0.4 is 0 Å². The maximum atomic E-state index is 8.80. The van der Waals surface area contributed by atoms with Crippen molar-refractivity contribution >= 4 is 44.5 Å². The van der Waals surface area contributed by atoms with Crippen LogP contribution in [-0.4, -0.2) is 133 Å². The molecule has 35 heavy (non-hydrogen) atoms. The lowest BCUT2D eigenvalue weighted by atomic mass is 10.7. The summed E-state index contributed by atoms with van der Waals surface area (Å²) < 4.78 is 49.7. The highest BCUT2D eigenvalue weighted by atomic mass is 28.5. The lowest BCUT2D eigenvalue weighted by Crippen LogP contribution is -2.51. The Balaban J connectivity index is 0. The normalized spacial score (nSPS) is 15.2. The van der Waals surface area contributed by atoms with E-state index in [2.05, 4.69) is 13.1 Å². The first-order valence-electron chi connectivity index (χ1n) is 11.7. The van der Waals surface area contributed by atoms with Crippen LogP contribution in [0.3, 0.4) is 0 Å². The Morgan fingerprint density at radius 2 is 1.31 bits per heavy atom. The summed E-state index contributed by atoms with van der Waals surface area (Å²) in [5.41, 5.74) is 0. The first-order valence-corrected chi connectivity index (χ1v) is 24.3. The van der Waals surface area contributed by atoms with Gasteiger partial charge in [-0.15, -0.1) is 0 Å². The molecule has 0 amide bonds. The number of aliphatic hydroxyl groups is 3. The minimum atomic E-state index is -2.79. The molecular formula is C18H50O12Si5. The molecule has 0 aliphatic rings. The Kier molecular flexibility index (Phi) is 24.4. The molecule has 0 aromatic heterocycles. The molecule has 0 rings (SSSR count). The Hall–Kier alpha value is 0.604. The fourth-order valence-corrected chi connectivity index (χ4v) is 14.5. The van der Waals surface area contributed by atoms with Crippen molar-refractivity contribution in [2.24, 2.45) is 0 Å². The van der Waals surface area contributed by atoms with Crippen LogP contribution in [0.4, 0.5) is 0 Å². The zero-order chi connectivity index (χ0) is 27.2. The third-order valence-corrected chi connectivity index (χ3v) is 17.8. The van der Waals surface area contributed by atoms with Gasteiger partial charge >= 0.3 is 18.1 Å². The van der Waals surface area contributed by atoms with Gasteiger partial charge in [-0.2, -0.15) is 0 Å². The quantitative estimate of drug-likeness (QED) is 0.0854.